The van der Waals surface area contributed by atoms with Crippen LogP contribution >= 0.6 is 0 Å². The van der Waals surface area contributed by atoms with E-state index in [2.05, 4.69) is 18.0 Å². The van der Waals surface area contributed by atoms with E-state index in [0.717, 1.165) is 11.6 Å². The first-order valence-electron chi connectivity index (χ1n) is 5.13. The van der Waals surface area contributed by atoms with Crippen LogP contribution in [0.15, 0.2) is 18.2 Å². The molecule has 3 N–H and O–H groups in total. The molecule has 1 aliphatic carbocycles. The van der Waals surface area contributed by atoms with Gasteiger partial charge in [0.15, 0.2) is 0 Å². The van der Waals surface area contributed by atoms with Crippen LogP contribution < -0.4 is 5.73 Å². The van der Waals surface area contributed by atoms with E-state index in [0.29, 0.717) is 0 Å². The number of nitrogens with two attached hydrogens (primary N) is 1. The maximum atomic E-state index is 5.75. The Morgan fingerprint density at radius 3 is 2.86 bits per heavy atom. The number of nitrogens with one attached hydrogen (secondary N) is 1. The molecular formula is C12H14N2. The first kappa shape index (κ1) is 7.92. The van der Waals surface area contributed by atoms with E-state index in [9.17, 15) is 0 Å². The van der Waals surface area contributed by atoms with Crippen molar-refractivity contribution in [2.24, 2.45) is 0 Å². The molecule has 1 fully saturated rings. The maximum absolute atomic E-state index is 5.75. The highest BCUT2D eigenvalue weighted by molar-refractivity contribution is 5.87. The lowest BCUT2D eigenvalue weighted by Gasteiger charge is -1.97. The summed E-state index contributed by atoms with van der Waals surface area (Å²) in [5.74, 6) is 0.798. The summed E-state index contributed by atoms with van der Waals surface area (Å²) in [6, 6.07) is 6.15. The van der Waals surface area contributed by atoms with E-state index in [1.54, 1.807) is 0 Å². The molecule has 1 saturated carbocycles. The minimum Gasteiger partial charge on any atom is -0.399 e. The van der Waals surface area contributed by atoms with Gasteiger partial charge in [-0.25, -0.2) is 0 Å². The van der Waals surface area contributed by atoms with E-state index < -0.39 is 0 Å². The first-order chi connectivity index (χ1) is 6.75. The molecule has 0 aliphatic heterocycles. The molecule has 72 valence electrons. The van der Waals surface area contributed by atoms with Gasteiger partial charge in [0.05, 0.1) is 0 Å². The van der Waals surface area contributed by atoms with Gasteiger partial charge in [-0.2, -0.15) is 0 Å². The van der Waals surface area contributed by atoms with Gasteiger partial charge in [0.25, 0.3) is 0 Å². The summed E-state index contributed by atoms with van der Waals surface area (Å²) in [7, 11) is 0. The molecule has 0 amide bonds. The van der Waals surface area contributed by atoms with Gasteiger partial charge in [0, 0.05) is 22.3 Å². The largest absolute Gasteiger partial charge is 0.399 e. The van der Waals surface area contributed by atoms with Crippen molar-refractivity contribution < 1.29 is 0 Å². The molecule has 0 unspecified atom stereocenters. The Kier molecular flexibility index (Phi) is 1.43. The van der Waals surface area contributed by atoms with Crippen molar-refractivity contribution in [3.63, 3.8) is 0 Å². The number of aryl methyl sites for hydroxylation is 1. The zero-order valence-corrected chi connectivity index (χ0v) is 8.30. The van der Waals surface area contributed by atoms with Gasteiger partial charge in [-0.05, 0) is 43.4 Å². The Balaban J connectivity index is 2.32. The predicted octanol–water partition coefficient (Wildman–Crippen LogP) is 2.94. The fraction of sp³-hybridized carbons (Fsp3) is 0.333. The number of benzene rings is 1. The van der Waals surface area contributed by atoms with Crippen LogP contribution in [0.4, 0.5) is 5.69 Å². The van der Waals surface area contributed by atoms with Gasteiger partial charge in [-0.1, -0.05) is 6.07 Å². The fourth-order valence-corrected chi connectivity index (χ4v) is 2.27. The van der Waals surface area contributed by atoms with E-state index in [4.69, 9.17) is 5.73 Å². The van der Waals surface area contributed by atoms with Crippen LogP contribution in [0.5, 0.6) is 0 Å². The van der Waals surface area contributed by atoms with Crippen LogP contribution in [0.3, 0.4) is 0 Å². The fourth-order valence-electron chi connectivity index (χ4n) is 2.27. The average molecular weight is 186 g/mol. The summed E-state index contributed by atoms with van der Waals surface area (Å²) in [4.78, 5) is 3.41. The normalized spacial score (nSPS) is 16.4. The van der Waals surface area contributed by atoms with Crippen molar-refractivity contribution in [2.45, 2.75) is 25.7 Å². The quantitative estimate of drug-likeness (QED) is 0.660. The molecule has 14 heavy (non-hydrogen) atoms. The van der Waals surface area contributed by atoms with Crippen molar-refractivity contribution in [3.05, 3.63) is 29.5 Å². The van der Waals surface area contributed by atoms with Crippen molar-refractivity contribution in [1.29, 1.82) is 0 Å². The minimum atomic E-state index is 0.798. The third kappa shape index (κ3) is 1.03. The summed E-state index contributed by atoms with van der Waals surface area (Å²) >= 11 is 0. The van der Waals surface area contributed by atoms with Crippen LogP contribution in [-0.4, -0.2) is 4.98 Å². The number of aromatic amines is 1. The number of hydrogen-bond acceptors (Lipinski definition) is 1. The molecule has 0 saturated heterocycles. The number of fused-ring (bicyclic) bond motifs is 1. The maximum Gasteiger partial charge on any atom is 0.0479 e. The topological polar surface area (TPSA) is 41.8 Å². The smallest absolute Gasteiger partial charge is 0.0479 e. The first-order valence-corrected chi connectivity index (χ1v) is 5.13. The number of anilines is 1. The monoisotopic (exact) mass is 186 g/mol. The predicted molar refractivity (Wildman–Crippen MR) is 59.4 cm³/mol. The third-order valence-corrected chi connectivity index (χ3v) is 3.05. The number of hydrogen-bond donors (Lipinski definition) is 2. The van der Waals surface area contributed by atoms with E-state index in [1.165, 1.54) is 35.0 Å². The number of aromatic nitrogens is 1. The highest BCUT2D eigenvalue weighted by Crippen LogP contribution is 2.45. The standard InChI is InChI=1S/C12H14N2/c1-7-12(8-2-3-8)10-5-4-9(13)6-11(10)14-7/h4-6,8,14H,2-3,13H2,1H3. The second kappa shape index (κ2) is 2.53. The van der Waals surface area contributed by atoms with E-state index in [-0.39, 0.29) is 0 Å². The lowest BCUT2D eigenvalue weighted by molar-refractivity contribution is 1.10. The molecule has 2 nitrogen and oxygen atoms in total. The molecule has 0 bridgehead atoms. The molecule has 2 heteroatoms. The summed E-state index contributed by atoms with van der Waals surface area (Å²) in [6.45, 7) is 2.16. The van der Waals surface area contributed by atoms with Gasteiger partial charge in [0.1, 0.15) is 0 Å². The highest BCUT2D eigenvalue weighted by atomic mass is 14.7. The van der Waals surface area contributed by atoms with Crippen LogP contribution in [-0.2, 0) is 0 Å². The Morgan fingerprint density at radius 2 is 2.14 bits per heavy atom. The molecule has 1 aromatic carbocycles. The number of H-pyrrole nitrogens is 1. The van der Waals surface area contributed by atoms with Gasteiger partial charge in [-0.15, -0.1) is 0 Å². The van der Waals surface area contributed by atoms with E-state index in [1.807, 2.05) is 12.1 Å². The number of rotatable bonds is 1. The van der Waals surface area contributed by atoms with Crippen LogP contribution in [0.1, 0.15) is 30.0 Å². The Bertz CT molecular complexity index is 492. The summed E-state index contributed by atoms with van der Waals surface area (Å²) < 4.78 is 0. The molecular weight excluding hydrogens is 172 g/mol. The van der Waals surface area contributed by atoms with Crippen LogP contribution in [0.25, 0.3) is 10.9 Å². The van der Waals surface area contributed by atoms with Gasteiger partial charge in [0.2, 0.25) is 0 Å². The minimum absolute atomic E-state index is 0.798. The lowest BCUT2D eigenvalue weighted by Crippen LogP contribution is -1.83. The Morgan fingerprint density at radius 1 is 1.36 bits per heavy atom. The zero-order valence-electron chi connectivity index (χ0n) is 8.30. The van der Waals surface area contributed by atoms with Crippen molar-refractivity contribution in [3.8, 4) is 0 Å². The molecule has 0 radical (unpaired) electrons. The Labute approximate surface area is 83.1 Å². The van der Waals surface area contributed by atoms with Crippen LogP contribution in [0.2, 0.25) is 0 Å². The summed E-state index contributed by atoms with van der Waals surface area (Å²) in [5.41, 5.74) is 10.6. The molecule has 0 spiro atoms. The van der Waals surface area contributed by atoms with Gasteiger partial charge in [-0.3, -0.25) is 0 Å². The van der Waals surface area contributed by atoms with Gasteiger partial charge < -0.3 is 10.7 Å². The van der Waals surface area contributed by atoms with Gasteiger partial charge >= 0.3 is 0 Å². The summed E-state index contributed by atoms with van der Waals surface area (Å²) in [6.07, 6.45) is 2.69. The number of nitrogen functional groups attached to an aromatic ring is 1. The van der Waals surface area contributed by atoms with Crippen molar-refractivity contribution in [2.75, 3.05) is 5.73 Å². The summed E-state index contributed by atoms with van der Waals surface area (Å²) in [5, 5.41) is 1.36. The Hall–Kier alpha value is -1.44. The molecule has 3 rings (SSSR count). The van der Waals surface area contributed by atoms with Crippen molar-refractivity contribution in [1.82, 2.24) is 4.98 Å². The SMILES string of the molecule is Cc1[nH]c2cc(N)ccc2c1C1CC1. The van der Waals surface area contributed by atoms with Crippen molar-refractivity contribution >= 4 is 16.6 Å². The van der Waals surface area contributed by atoms with Crippen LogP contribution in [0, 0.1) is 6.92 Å². The molecule has 1 aromatic heterocycles. The van der Waals surface area contributed by atoms with E-state index >= 15 is 0 Å². The molecule has 0 atom stereocenters. The second-order valence-corrected chi connectivity index (χ2v) is 4.24. The average Bonchev–Trinajstić information content (AvgIpc) is 2.89. The highest BCUT2D eigenvalue weighted by Gasteiger charge is 2.27. The lowest BCUT2D eigenvalue weighted by atomic mass is 10.1. The molecule has 1 aliphatic rings. The third-order valence-electron chi connectivity index (χ3n) is 3.05. The molecule has 2 aromatic rings. The second-order valence-electron chi connectivity index (χ2n) is 4.24. The molecule has 1 heterocycles. The zero-order chi connectivity index (χ0) is 9.71.